The van der Waals surface area contributed by atoms with E-state index in [-0.39, 0.29) is 54.7 Å². The van der Waals surface area contributed by atoms with E-state index in [1.165, 1.54) is 36.4 Å². The maximum absolute atomic E-state index is 15.3. The van der Waals surface area contributed by atoms with E-state index >= 15 is 4.39 Å². The third-order valence-corrected chi connectivity index (χ3v) is 7.47. The number of carbonyl (C=O) groups excluding carboxylic acids is 2. The number of rotatable bonds is 6. The number of nitrogens with zero attached hydrogens (tertiary/aromatic N) is 1. The Hall–Kier alpha value is -3.47. The maximum Gasteiger partial charge on any atom is 0.338 e. The minimum Gasteiger partial charge on any atom is -0.463 e. The predicted octanol–water partition coefficient (Wildman–Crippen LogP) is 3.53. The molecule has 7 nitrogen and oxygen atoms in total. The number of thiazole rings is 1. The van der Waals surface area contributed by atoms with E-state index in [0.29, 0.717) is 0 Å². The van der Waals surface area contributed by atoms with E-state index in [1.807, 2.05) is 0 Å². The van der Waals surface area contributed by atoms with Crippen LogP contribution in [0.4, 0.5) is 8.78 Å². The Balaban J connectivity index is 2.20. The van der Waals surface area contributed by atoms with Gasteiger partial charge in [-0.15, -0.1) is 11.3 Å². The zero-order valence-electron chi connectivity index (χ0n) is 20.0. The minimum atomic E-state index is -1.47. The molecule has 0 fully saturated rings. The van der Waals surface area contributed by atoms with Gasteiger partial charge in [-0.2, -0.15) is 0 Å². The molecule has 2 N–H and O–H groups in total. The fraction of sp³-hybridized carbons (Fsp3) is 0.192. The molecule has 0 radical (unpaired) electrons. The quantitative estimate of drug-likeness (QED) is 0.448. The summed E-state index contributed by atoms with van der Waals surface area (Å²) in [6.45, 7) is 2.97. The highest BCUT2D eigenvalue weighted by atomic mass is 35.5. The van der Waals surface area contributed by atoms with Crippen LogP contribution in [0.15, 0.2) is 46.8 Å². The lowest BCUT2D eigenvalue weighted by molar-refractivity contribution is -0.138. The molecule has 1 aromatic heterocycles. The second-order valence-corrected chi connectivity index (χ2v) is 9.76. The van der Waals surface area contributed by atoms with E-state index in [9.17, 15) is 18.8 Å². The number of benzene rings is 2. The monoisotopic (exact) mass is 580 g/mol. The van der Waals surface area contributed by atoms with Gasteiger partial charge in [-0.05, 0) is 44.2 Å². The molecule has 0 amide bonds. The van der Waals surface area contributed by atoms with Gasteiger partial charge >= 0.3 is 11.9 Å². The molecule has 1 aliphatic heterocycles. The molecule has 4 rings (SSSR count). The molecule has 12 heteroatoms. The average molecular weight is 581 g/mol. The Labute approximate surface area is 229 Å². The van der Waals surface area contributed by atoms with Crippen LogP contribution in [0.25, 0.3) is 17.5 Å². The van der Waals surface area contributed by atoms with Gasteiger partial charge in [0.15, 0.2) is 0 Å². The van der Waals surface area contributed by atoms with Gasteiger partial charge in [-0.1, -0.05) is 35.3 Å². The van der Waals surface area contributed by atoms with Gasteiger partial charge in [0.2, 0.25) is 0 Å². The summed E-state index contributed by atoms with van der Waals surface area (Å²) >= 11 is 13.3. The number of carbonyl (C=O) groups is 2. The first-order chi connectivity index (χ1) is 18.1. The highest BCUT2D eigenvalue weighted by molar-refractivity contribution is 7.07. The van der Waals surface area contributed by atoms with Crippen LogP contribution in [0.1, 0.15) is 30.9 Å². The fourth-order valence-electron chi connectivity index (χ4n) is 4.12. The Morgan fingerprint density at radius 2 is 1.58 bits per heavy atom. The smallest absolute Gasteiger partial charge is 0.338 e. The van der Waals surface area contributed by atoms with Crippen LogP contribution >= 0.6 is 34.5 Å². The predicted molar refractivity (Wildman–Crippen MR) is 141 cm³/mol. The van der Waals surface area contributed by atoms with E-state index in [2.05, 4.69) is 0 Å². The number of halogens is 4. The van der Waals surface area contributed by atoms with Gasteiger partial charge in [0, 0.05) is 16.1 Å². The number of aromatic nitrogens is 1. The third-order valence-electron chi connectivity index (χ3n) is 5.70. The van der Waals surface area contributed by atoms with Gasteiger partial charge in [0.25, 0.3) is 5.56 Å². The molecule has 0 saturated heterocycles. The number of nitrogens with two attached hydrogens (primary N) is 1. The van der Waals surface area contributed by atoms with Crippen molar-refractivity contribution in [2.45, 2.75) is 19.8 Å². The number of fused-ring (bicyclic) bond motifs is 1. The van der Waals surface area contributed by atoms with Crippen molar-refractivity contribution in [2.24, 2.45) is 5.73 Å². The highest BCUT2D eigenvalue weighted by Gasteiger charge is 2.42. The first kappa shape index (κ1) is 27.6. The second kappa shape index (κ2) is 11.1. The van der Waals surface area contributed by atoms with E-state index in [0.717, 1.165) is 22.0 Å². The number of hydrogen-bond donors (Lipinski definition) is 1. The number of ether oxygens (including phenoxy) is 2. The molecule has 3 aromatic rings. The van der Waals surface area contributed by atoms with Crippen LogP contribution in [0.5, 0.6) is 0 Å². The van der Waals surface area contributed by atoms with E-state index in [4.69, 9.17) is 38.4 Å². The zero-order valence-corrected chi connectivity index (χ0v) is 22.3. The summed E-state index contributed by atoms with van der Waals surface area (Å²) in [4.78, 5) is 40.0. The van der Waals surface area contributed by atoms with Gasteiger partial charge in [-0.3, -0.25) is 9.36 Å². The molecule has 38 heavy (non-hydrogen) atoms. The van der Waals surface area contributed by atoms with Crippen LogP contribution in [0, 0.1) is 11.6 Å². The minimum absolute atomic E-state index is 0.0398. The SMILES string of the molecule is CCOC(=O)C1=C(N)n2c(sc(=Cc3c(F)cccc3Cl)c2=O)=C(C(=O)OCC)C1c1c(F)cccc1Cl. The molecule has 0 bridgehead atoms. The van der Waals surface area contributed by atoms with Crippen LogP contribution < -0.4 is 20.5 Å². The van der Waals surface area contributed by atoms with Crippen molar-refractivity contribution in [3.63, 3.8) is 0 Å². The van der Waals surface area contributed by atoms with Crippen LogP contribution in [-0.4, -0.2) is 29.7 Å². The molecule has 2 aromatic carbocycles. The summed E-state index contributed by atoms with van der Waals surface area (Å²) in [5, 5.41) is -0.0502. The van der Waals surface area contributed by atoms with Crippen LogP contribution in [0.2, 0.25) is 10.0 Å². The number of esters is 2. The first-order valence-electron chi connectivity index (χ1n) is 11.3. The van der Waals surface area contributed by atoms with Gasteiger partial charge in [0.1, 0.15) is 22.1 Å². The third kappa shape index (κ3) is 4.75. The van der Waals surface area contributed by atoms with Gasteiger partial charge < -0.3 is 15.2 Å². The zero-order chi connectivity index (χ0) is 27.7. The maximum atomic E-state index is 15.3. The Bertz CT molecular complexity index is 1640. The summed E-state index contributed by atoms with van der Waals surface area (Å²) < 4.78 is 41.0. The Kier molecular flexibility index (Phi) is 8.05. The van der Waals surface area contributed by atoms with Gasteiger partial charge in [-0.25, -0.2) is 18.4 Å². The molecule has 0 spiro atoms. The van der Waals surface area contributed by atoms with Crippen molar-refractivity contribution < 1.29 is 27.8 Å². The molecule has 0 aliphatic carbocycles. The summed E-state index contributed by atoms with van der Waals surface area (Å²) in [5.74, 6) is -5.29. The summed E-state index contributed by atoms with van der Waals surface area (Å²) in [6, 6.07) is 7.87. The standard InChI is InChI=1S/C26H20Cl2F2N2O5S/c1-3-36-25(34)20-19(18-14(28)8-6-10-16(18)30)21(26(35)37-4-2)24-32(22(20)31)23(33)17(38-24)11-12-13(27)7-5-9-15(12)29/h5-11,19H,3-4,31H2,1-2H3. The van der Waals surface area contributed by atoms with Crippen molar-refractivity contribution in [2.75, 3.05) is 13.2 Å². The molecule has 0 saturated carbocycles. The van der Waals surface area contributed by atoms with E-state index < -0.39 is 40.9 Å². The Morgan fingerprint density at radius 1 is 1.00 bits per heavy atom. The molecule has 1 unspecified atom stereocenters. The fourth-order valence-corrected chi connectivity index (χ4v) is 5.75. The summed E-state index contributed by atoms with van der Waals surface area (Å²) in [7, 11) is 0. The second-order valence-electron chi connectivity index (χ2n) is 7.91. The van der Waals surface area contributed by atoms with Gasteiger partial charge in [0.05, 0.1) is 39.8 Å². The van der Waals surface area contributed by atoms with E-state index in [1.54, 1.807) is 13.8 Å². The molecular formula is C26H20Cl2F2N2O5S. The Morgan fingerprint density at radius 3 is 2.16 bits per heavy atom. The number of hydrogen-bond acceptors (Lipinski definition) is 7. The first-order valence-corrected chi connectivity index (χ1v) is 12.9. The van der Waals surface area contributed by atoms with Crippen LogP contribution in [0.3, 0.4) is 0 Å². The molecule has 1 aliphatic rings. The van der Waals surface area contributed by atoms with Crippen molar-refractivity contribution in [3.8, 4) is 0 Å². The van der Waals surface area contributed by atoms with Crippen molar-refractivity contribution in [1.29, 1.82) is 0 Å². The summed E-state index contributed by atoms with van der Waals surface area (Å²) in [5.41, 5.74) is 4.68. The van der Waals surface area contributed by atoms with Crippen LogP contribution in [-0.2, 0) is 19.1 Å². The molecule has 1 atom stereocenters. The molecule has 198 valence electrons. The lowest BCUT2D eigenvalue weighted by atomic mass is 9.82. The largest absolute Gasteiger partial charge is 0.463 e. The normalized spacial score (nSPS) is 15.5. The lowest BCUT2D eigenvalue weighted by Crippen LogP contribution is -2.42. The van der Waals surface area contributed by atoms with Crippen molar-refractivity contribution >= 4 is 63.9 Å². The molecule has 2 heterocycles. The topological polar surface area (TPSA) is 101 Å². The highest BCUT2D eigenvalue weighted by Crippen LogP contribution is 2.41. The average Bonchev–Trinajstić information content (AvgIpc) is 3.17. The van der Waals surface area contributed by atoms with Crippen molar-refractivity contribution in [1.82, 2.24) is 4.57 Å². The molecular weight excluding hydrogens is 561 g/mol. The van der Waals surface area contributed by atoms with Crippen molar-refractivity contribution in [3.05, 3.63) is 94.3 Å². The summed E-state index contributed by atoms with van der Waals surface area (Å²) in [6.07, 6.45) is 1.21. The lowest BCUT2D eigenvalue weighted by Gasteiger charge is -2.27.